The molecule has 4 aliphatic rings. The number of ether oxygens (including phenoxy) is 2. The standard InChI is InChI=1S/C33H42O7/c1-6-19(2)29(36)39-27-26-25(13-12-22-18-23(35)14-16-31(22,26)4)33(38)17-15-24(20(3)34)32(33,5)28(27)40-30(37)21-10-8-7-9-11-21/h6-12,23-28,35,38H,13-18H2,1-5H3/b19-6+/t23-,24+,25+,26+,27-,28+,31-,32-,33-/m0/s1. The third-order valence-corrected chi connectivity index (χ3v) is 11.0. The molecule has 0 spiro atoms. The molecule has 0 saturated heterocycles. The molecule has 3 fully saturated rings. The Morgan fingerprint density at radius 1 is 1.02 bits per heavy atom. The highest BCUT2D eigenvalue weighted by Gasteiger charge is 2.75. The summed E-state index contributed by atoms with van der Waals surface area (Å²) in [5, 5.41) is 23.2. The van der Waals surface area contributed by atoms with E-state index in [2.05, 4.69) is 13.0 Å². The van der Waals surface area contributed by atoms with E-state index in [1.165, 1.54) is 6.92 Å². The Labute approximate surface area is 236 Å². The summed E-state index contributed by atoms with van der Waals surface area (Å²) in [7, 11) is 0. The van der Waals surface area contributed by atoms with Crippen LogP contribution in [0.5, 0.6) is 0 Å². The maximum Gasteiger partial charge on any atom is 0.338 e. The molecule has 0 radical (unpaired) electrons. The van der Waals surface area contributed by atoms with Gasteiger partial charge in [0.1, 0.15) is 18.0 Å². The zero-order valence-electron chi connectivity index (χ0n) is 24.2. The number of carbonyl (C=O) groups is 3. The van der Waals surface area contributed by atoms with Gasteiger partial charge in [0.15, 0.2) is 0 Å². The van der Waals surface area contributed by atoms with E-state index in [9.17, 15) is 24.6 Å². The molecule has 0 unspecified atom stereocenters. The Kier molecular flexibility index (Phi) is 7.37. The molecule has 1 aromatic rings. The predicted octanol–water partition coefficient (Wildman–Crippen LogP) is 4.95. The number of rotatable bonds is 5. The molecule has 3 saturated carbocycles. The number of carbonyl (C=O) groups excluding carboxylic acids is 3. The fourth-order valence-electron chi connectivity index (χ4n) is 8.69. The zero-order valence-corrected chi connectivity index (χ0v) is 24.2. The largest absolute Gasteiger partial charge is 0.455 e. The molecule has 0 aliphatic heterocycles. The maximum atomic E-state index is 13.6. The van der Waals surface area contributed by atoms with E-state index in [-0.39, 0.29) is 17.6 Å². The van der Waals surface area contributed by atoms with Gasteiger partial charge >= 0.3 is 11.9 Å². The van der Waals surface area contributed by atoms with Crippen molar-refractivity contribution in [3.63, 3.8) is 0 Å². The molecule has 40 heavy (non-hydrogen) atoms. The van der Waals surface area contributed by atoms with Crippen LogP contribution < -0.4 is 0 Å². The van der Waals surface area contributed by atoms with Gasteiger partial charge in [-0.2, -0.15) is 0 Å². The molecule has 0 heterocycles. The van der Waals surface area contributed by atoms with Crippen LogP contribution in [0.1, 0.15) is 83.5 Å². The zero-order chi connectivity index (χ0) is 29.0. The molecule has 0 aromatic heterocycles. The van der Waals surface area contributed by atoms with Gasteiger partial charge in [-0.15, -0.1) is 0 Å². The summed E-state index contributed by atoms with van der Waals surface area (Å²) in [5.74, 6) is -2.42. The first kappa shape index (κ1) is 28.7. The number of benzene rings is 1. The van der Waals surface area contributed by atoms with Crippen molar-refractivity contribution in [2.75, 3.05) is 0 Å². The van der Waals surface area contributed by atoms with Gasteiger partial charge < -0.3 is 19.7 Å². The van der Waals surface area contributed by atoms with Crippen LogP contribution in [0.25, 0.3) is 0 Å². The summed E-state index contributed by atoms with van der Waals surface area (Å²) >= 11 is 0. The second-order valence-electron chi connectivity index (χ2n) is 12.9. The maximum absolute atomic E-state index is 13.6. The minimum Gasteiger partial charge on any atom is -0.455 e. The van der Waals surface area contributed by atoms with E-state index in [1.54, 1.807) is 44.2 Å². The first-order chi connectivity index (χ1) is 18.9. The molecule has 4 aliphatic carbocycles. The summed E-state index contributed by atoms with van der Waals surface area (Å²) in [6.45, 7) is 8.95. The van der Waals surface area contributed by atoms with Gasteiger partial charge in [0.25, 0.3) is 0 Å². The number of aliphatic hydroxyl groups is 2. The molecule has 0 bridgehead atoms. The van der Waals surface area contributed by atoms with Crippen molar-refractivity contribution in [2.24, 2.45) is 28.6 Å². The summed E-state index contributed by atoms with van der Waals surface area (Å²) in [4.78, 5) is 40.1. The summed E-state index contributed by atoms with van der Waals surface area (Å²) in [6.07, 6.45) is 4.60. The van der Waals surface area contributed by atoms with Crippen molar-refractivity contribution in [3.05, 3.63) is 59.2 Å². The van der Waals surface area contributed by atoms with E-state index >= 15 is 0 Å². The van der Waals surface area contributed by atoms with Crippen molar-refractivity contribution in [1.82, 2.24) is 0 Å². The number of Topliss-reactive ketones (excluding diaryl/α,β-unsaturated/α-hetero) is 1. The Morgan fingerprint density at radius 2 is 1.73 bits per heavy atom. The van der Waals surface area contributed by atoms with E-state index in [1.807, 2.05) is 13.0 Å². The van der Waals surface area contributed by atoms with Crippen LogP contribution in [-0.4, -0.2) is 51.8 Å². The van der Waals surface area contributed by atoms with Crippen LogP contribution in [0.2, 0.25) is 0 Å². The molecule has 7 heteroatoms. The lowest BCUT2D eigenvalue weighted by atomic mass is 9.44. The lowest BCUT2D eigenvalue weighted by molar-refractivity contribution is -0.267. The van der Waals surface area contributed by atoms with Crippen LogP contribution >= 0.6 is 0 Å². The minimum atomic E-state index is -1.32. The lowest BCUT2D eigenvalue weighted by Crippen LogP contribution is -2.72. The molecule has 0 amide bonds. The van der Waals surface area contributed by atoms with Crippen LogP contribution in [0.4, 0.5) is 0 Å². The number of aliphatic hydroxyl groups excluding tert-OH is 1. The summed E-state index contributed by atoms with van der Waals surface area (Å²) in [5.41, 5.74) is -1.11. The predicted molar refractivity (Wildman–Crippen MR) is 149 cm³/mol. The Hall–Kier alpha value is -2.77. The number of ketones is 1. The molecular formula is C33H42O7. The average molecular weight is 551 g/mol. The normalized spacial score (nSPS) is 40.7. The quantitative estimate of drug-likeness (QED) is 0.303. The van der Waals surface area contributed by atoms with E-state index in [4.69, 9.17) is 9.47 Å². The third-order valence-electron chi connectivity index (χ3n) is 11.0. The van der Waals surface area contributed by atoms with Crippen LogP contribution in [0, 0.1) is 28.6 Å². The van der Waals surface area contributed by atoms with Crippen LogP contribution in [0.15, 0.2) is 53.6 Å². The number of allylic oxidation sites excluding steroid dienone is 2. The molecule has 1 aromatic carbocycles. The SMILES string of the molecule is C/C=C(\C)C(=O)O[C@H]1[C@H]2[C@@H](CC=C3C[C@@H](O)CC[C@@]32C)[C@@]2(O)CC[C@H](C(C)=O)[C@@]2(C)[C@@H]1OC(=O)c1ccccc1. The van der Waals surface area contributed by atoms with E-state index in [0.29, 0.717) is 49.7 Å². The number of hydrogen-bond donors (Lipinski definition) is 2. The Morgan fingerprint density at radius 3 is 2.38 bits per heavy atom. The minimum absolute atomic E-state index is 0.0774. The van der Waals surface area contributed by atoms with Crippen LogP contribution in [0.3, 0.4) is 0 Å². The van der Waals surface area contributed by atoms with Crippen molar-refractivity contribution in [3.8, 4) is 0 Å². The van der Waals surface area contributed by atoms with E-state index < -0.39 is 52.6 Å². The first-order valence-corrected chi connectivity index (χ1v) is 14.6. The highest BCUT2D eigenvalue weighted by atomic mass is 16.6. The molecule has 216 valence electrons. The second-order valence-corrected chi connectivity index (χ2v) is 12.9. The first-order valence-electron chi connectivity index (χ1n) is 14.6. The molecule has 9 atom stereocenters. The molecule has 7 nitrogen and oxygen atoms in total. The number of fused-ring (bicyclic) bond motifs is 5. The van der Waals surface area contributed by atoms with Crippen molar-refractivity contribution < 1.29 is 34.1 Å². The van der Waals surface area contributed by atoms with Gasteiger partial charge in [-0.05, 0) is 82.8 Å². The smallest absolute Gasteiger partial charge is 0.338 e. The van der Waals surface area contributed by atoms with E-state index in [0.717, 1.165) is 5.57 Å². The van der Waals surface area contributed by atoms with Gasteiger partial charge in [0.2, 0.25) is 0 Å². The van der Waals surface area contributed by atoms with Crippen molar-refractivity contribution in [1.29, 1.82) is 0 Å². The number of hydrogen-bond acceptors (Lipinski definition) is 7. The second kappa shape index (κ2) is 10.3. The summed E-state index contributed by atoms with van der Waals surface area (Å²) < 4.78 is 12.7. The monoisotopic (exact) mass is 550 g/mol. The van der Waals surface area contributed by atoms with Gasteiger partial charge in [-0.1, -0.05) is 49.8 Å². The molecule has 5 rings (SSSR count). The fraction of sp³-hybridized carbons (Fsp3) is 0.606. The fourth-order valence-corrected chi connectivity index (χ4v) is 8.69. The highest BCUT2D eigenvalue weighted by molar-refractivity contribution is 5.90. The van der Waals surface area contributed by atoms with Gasteiger partial charge in [0.05, 0.1) is 17.3 Å². The van der Waals surface area contributed by atoms with Gasteiger partial charge in [-0.3, -0.25) is 4.79 Å². The molecule has 2 N–H and O–H groups in total. The van der Waals surface area contributed by atoms with Gasteiger partial charge in [0, 0.05) is 22.8 Å². The third kappa shape index (κ3) is 4.19. The Bertz CT molecular complexity index is 1250. The van der Waals surface area contributed by atoms with Crippen LogP contribution in [-0.2, 0) is 19.1 Å². The lowest BCUT2D eigenvalue weighted by Gasteiger charge is -2.64. The molecular weight excluding hydrogens is 508 g/mol. The highest BCUT2D eigenvalue weighted by Crippen LogP contribution is 2.69. The van der Waals surface area contributed by atoms with Gasteiger partial charge in [-0.25, -0.2) is 9.59 Å². The summed E-state index contributed by atoms with van der Waals surface area (Å²) in [6, 6.07) is 8.63. The average Bonchev–Trinajstić information content (AvgIpc) is 3.22. The topological polar surface area (TPSA) is 110 Å². The van der Waals surface area contributed by atoms with Crippen molar-refractivity contribution >= 4 is 17.7 Å². The van der Waals surface area contributed by atoms with Crippen molar-refractivity contribution in [2.45, 2.75) is 97.1 Å². The Balaban J connectivity index is 1.71. The number of esters is 2.